The molecule has 0 saturated carbocycles. The molecule has 1 atom stereocenters. The summed E-state index contributed by atoms with van der Waals surface area (Å²) in [4.78, 5) is 11.2. The summed E-state index contributed by atoms with van der Waals surface area (Å²) < 4.78 is 39.1. The van der Waals surface area contributed by atoms with Crippen molar-refractivity contribution in [1.82, 2.24) is 4.31 Å². The van der Waals surface area contributed by atoms with Gasteiger partial charge in [0.05, 0.1) is 10.8 Å². The lowest BCUT2D eigenvalue weighted by atomic mass is 10.1. The van der Waals surface area contributed by atoms with Crippen LogP contribution in [0.15, 0.2) is 18.2 Å². The number of aliphatic carboxylic acids is 1. The number of sulfonamides is 1. The van der Waals surface area contributed by atoms with Crippen molar-refractivity contribution >= 4 is 27.6 Å². The zero-order valence-corrected chi connectivity index (χ0v) is 12.7. The highest BCUT2D eigenvalue weighted by Crippen LogP contribution is 2.24. The molecule has 1 unspecified atom stereocenters. The molecule has 5 nitrogen and oxygen atoms in total. The third-order valence-electron chi connectivity index (χ3n) is 3.43. The third-order valence-corrected chi connectivity index (χ3v) is 5.59. The molecule has 0 aromatic heterocycles. The van der Waals surface area contributed by atoms with E-state index in [0.717, 1.165) is 10.4 Å². The van der Waals surface area contributed by atoms with Crippen LogP contribution in [-0.4, -0.2) is 36.4 Å². The van der Waals surface area contributed by atoms with Crippen LogP contribution in [0.1, 0.15) is 24.8 Å². The van der Waals surface area contributed by atoms with Gasteiger partial charge in [0.25, 0.3) is 0 Å². The molecule has 0 aliphatic carbocycles. The molecule has 1 fully saturated rings. The van der Waals surface area contributed by atoms with Gasteiger partial charge in [-0.2, -0.15) is 4.31 Å². The predicted molar refractivity (Wildman–Crippen MR) is 76.0 cm³/mol. The molecular weight excluding hydrogens is 321 g/mol. The minimum absolute atomic E-state index is 0.0856. The second-order valence-corrected chi connectivity index (χ2v) is 7.29. The van der Waals surface area contributed by atoms with Gasteiger partial charge in [0, 0.05) is 6.54 Å². The van der Waals surface area contributed by atoms with Crippen LogP contribution in [0.4, 0.5) is 4.39 Å². The monoisotopic (exact) mass is 335 g/mol. The van der Waals surface area contributed by atoms with E-state index in [1.54, 1.807) is 0 Å². The van der Waals surface area contributed by atoms with Crippen LogP contribution >= 0.6 is 11.6 Å². The summed E-state index contributed by atoms with van der Waals surface area (Å²) in [6.07, 6.45) is 1.60. The molecule has 1 aromatic rings. The fraction of sp³-hybridized carbons (Fsp3) is 0.462. The summed E-state index contributed by atoms with van der Waals surface area (Å²) in [5.41, 5.74) is 0.242. The summed E-state index contributed by atoms with van der Waals surface area (Å²) in [7, 11) is -3.82. The van der Waals surface area contributed by atoms with E-state index in [-0.39, 0.29) is 17.1 Å². The standard InChI is InChI=1S/C13H15ClFNO4S/c14-10-5-4-9(7-11(10)15)8-21(19,20)16-6-2-1-3-12(16)13(17)18/h4-5,7,12H,1-3,6,8H2,(H,17,18). The van der Waals surface area contributed by atoms with Gasteiger partial charge in [-0.3, -0.25) is 4.79 Å². The van der Waals surface area contributed by atoms with Crippen LogP contribution < -0.4 is 0 Å². The van der Waals surface area contributed by atoms with Gasteiger partial charge < -0.3 is 5.11 Å². The van der Waals surface area contributed by atoms with E-state index in [0.29, 0.717) is 19.3 Å². The Kier molecular flexibility index (Phi) is 4.85. The van der Waals surface area contributed by atoms with Crippen LogP contribution in [0.3, 0.4) is 0 Å². The lowest BCUT2D eigenvalue weighted by Gasteiger charge is -2.31. The van der Waals surface area contributed by atoms with Crippen molar-refractivity contribution in [3.63, 3.8) is 0 Å². The molecule has 1 aromatic carbocycles. The molecule has 2 rings (SSSR count). The normalized spacial score (nSPS) is 20.4. The Balaban J connectivity index is 2.23. The van der Waals surface area contributed by atoms with Crippen LogP contribution in [0.2, 0.25) is 5.02 Å². The fourth-order valence-corrected chi connectivity index (χ4v) is 4.28. The Labute approximate surface area is 127 Å². The van der Waals surface area contributed by atoms with Crippen LogP contribution in [0.25, 0.3) is 0 Å². The van der Waals surface area contributed by atoms with Crippen LogP contribution in [0.5, 0.6) is 0 Å². The van der Waals surface area contributed by atoms with E-state index in [1.807, 2.05) is 0 Å². The molecule has 0 spiro atoms. The SMILES string of the molecule is O=C(O)C1CCCCN1S(=O)(=O)Cc1ccc(Cl)c(F)c1. The first-order valence-electron chi connectivity index (χ1n) is 6.47. The molecule has 8 heteroatoms. The number of carboxylic acids is 1. The van der Waals surface area contributed by atoms with Crippen LogP contribution in [-0.2, 0) is 20.6 Å². The molecule has 1 saturated heterocycles. The topological polar surface area (TPSA) is 74.7 Å². The van der Waals surface area contributed by atoms with E-state index in [4.69, 9.17) is 16.7 Å². The van der Waals surface area contributed by atoms with Gasteiger partial charge in [-0.1, -0.05) is 17.7 Å². The summed E-state index contributed by atoms with van der Waals surface area (Å²) in [6.45, 7) is 0.176. The van der Waals surface area contributed by atoms with Crippen molar-refractivity contribution in [1.29, 1.82) is 0 Å². The summed E-state index contributed by atoms with van der Waals surface area (Å²) in [5, 5.41) is 9.05. The molecule has 1 N–H and O–H groups in total. The number of carboxylic acid groups (broad SMARTS) is 1. The maximum absolute atomic E-state index is 13.4. The number of rotatable bonds is 4. The average molecular weight is 336 g/mol. The highest BCUT2D eigenvalue weighted by molar-refractivity contribution is 7.88. The van der Waals surface area contributed by atoms with Gasteiger partial charge in [0.1, 0.15) is 11.9 Å². The molecular formula is C13H15ClFNO4S. The molecule has 1 heterocycles. The number of carbonyl (C=O) groups is 1. The van der Waals surface area contributed by atoms with E-state index >= 15 is 0 Å². The van der Waals surface area contributed by atoms with Gasteiger partial charge in [-0.25, -0.2) is 12.8 Å². The summed E-state index contributed by atoms with van der Waals surface area (Å²) in [6, 6.07) is 2.72. The largest absolute Gasteiger partial charge is 0.480 e. The molecule has 1 aliphatic heterocycles. The van der Waals surface area contributed by atoms with Crippen LogP contribution in [0, 0.1) is 5.82 Å². The predicted octanol–water partition coefficient (Wildman–Crippen LogP) is 2.25. The Hall–Kier alpha value is -1.18. The second kappa shape index (κ2) is 6.29. The molecule has 0 radical (unpaired) electrons. The third kappa shape index (κ3) is 3.72. The van der Waals surface area contributed by atoms with Gasteiger partial charge in [-0.05, 0) is 37.0 Å². The molecule has 0 bridgehead atoms. The van der Waals surface area contributed by atoms with Crippen molar-refractivity contribution < 1.29 is 22.7 Å². The molecule has 116 valence electrons. The Morgan fingerprint density at radius 3 is 2.76 bits per heavy atom. The highest BCUT2D eigenvalue weighted by atomic mass is 35.5. The Morgan fingerprint density at radius 2 is 2.14 bits per heavy atom. The van der Waals surface area contributed by atoms with Crippen molar-refractivity contribution in [3.05, 3.63) is 34.6 Å². The van der Waals surface area contributed by atoms with Gasteiger partial charge in [-0.15, -0.1) is 0 Å². The summed E-state index contributed by atoms with van der Waals surface area (Å²) >= 11 is 5.55. The number of hydrogen-bond acceptors (Lipinski definition) is 3. The Bertz CT molecular complexity index is 650. The molecule has 0 amide bonds. The van der Waals surface area contributed by atoms with Gasteiger partial charge >= 0.3 is 5.97 Å². The first-order valence-corrected chi connectivity index (χ1v) is 8.46. The molecule has 1 aliphatic rings. The average Bonchev–Trinajstić information content (AvgIpc) is 2.42. The van der Waals surface area contributed by atoms with E-state index in [9.17, 15) is 17.6 Å². The number of nitrogens with zero attached hydrogens (tertiary/aromatic N) is 1. The first kappa shape index (κ1) is 16.2. The minimum Gasteiger partial charge on any atom is -0.480 e. The zero-order chi connectivity index (χ0) is 15.6. The van der Waals surface area contributed by atoms with Crippen molar-refractivity contribution in [2.24, 2.45) is 0 Å². The van der Waals surface area contributed by atoms with Crippen molar-refractivity contribution in [2.75, 3.05) is 6.54 Å². The van der Waals surface area contributed by atoms with Gasteiger partial charge in [0.15, 0.2) is 0 Å². The van der Waals surface area contributed by atoms with Crippen molar-refractivity contribution in [2.45, 2.75) is 31.1 Å². The maximum Gasteiger partial charge on any atom is 0.322 e. The zero-order valence-electron chi connectivity index (χ0n) is 11.1. The number of piperidine rings is 1. The lowest BCUT2D eigenvalue weighted by molar-refractivity contribution is -0.142. The number of hydrogen-bond donors (Lipinski definition) is 1. The minimum atomic E-state index is -3.82. The van der Waals surface area contributed by atoms with E-state index in [1.165, 1.54) is 12.1 Å². The lowest BCUT2D eigenvalue weighted by Crippen LogP contribution is -2.48. The maximum atomic E-state index is 13.4. The van der Waals surface area contributed by atoms with Gasteiger partial charge in [0.2, 0.25) is 10.0 Å². The fourth-order valence-electron chi connectivity index (χ4n) is 2.41. The van der Waals surface area contributed by atoms with E-state index < -0.39 is 33.6 Å². The second-order valence-electron chi connectivity index (χ2n) is 4.97. The summed E-state index contributed by atoms with van der Waals surface area (Å²) in [5.74, 6) is -2.29. The van der Waals surface area contributed by atoms with Crippen molar-refractivity contribution in [3.8, 4) is 0 Å². The smallest absolute Gasteiger partial charge is 0.322 e. The highest BCUT2D eigenvalue weighted by Gasteiger charge is 2.36. The molecule has 21 heavy (non-hydrogen) atoms. The van der Waals surface area contributed by atoms with E-state index in [2.05, 4.69) is 0 Å². The first-order chi connectivity index (χ1) is 9.81. The number of benzene rings is 1. The Morgan fingerprint density at radius 1 is 1.43 bits per heavy atom. The number of halogens is 2. The quantitative estimate of drug-likeness (QED) is 0.915.